The molecular formula is C17H19N5O2. The number of piperidine rings is 1. The largest absolute Gasteiger partial charge is 0.336 e. The molecule has 0 aliphatic carbocycles. The van der Waals surface area contributed by atoms with Crippen LogP contribution in [0.5, 0.6) is 0 Å². The van der Waals surface area contributed by atoms with Gasteiger partial charge in [-0.25, -0.2) is 4.98 Å². The van der Waals surface area contributed by atoms with Gasteiger partial charge in [-0.3, -0.25) is 9.48 Å². The number of pyridine rings is 1. The number of rotatable bonds is 3. The van der Waals surface area contributed by atoms with Gasteiger partial charge in [0.05, 0.1) is 29.2 Å². The molecule has 1 unspecified atom stereocenters. The lowest BCUT2D eigenvalue weighted by Crippen LogP contribution is -2.46. The van der Waals surface area contributed by atoms with E-state index in [0.717, 1.165) is 43.4 Å². The number of amides is 1. The summed E-state index contributed by atoms with van der Waals surface area (Å²) in [5, 5.41) is 8.96. The predicted octanol–water partition coefficient (Wildman–Crippen LogP) is 2.42. The van der Waals surface area contributed by atoms with Gasteiger partial charge in [0.15, 0.2) is 0 Å². The molecule has 24 heavy (non-hydrogen) atoms. The molecule has 3 aromatic rings. The summed E-state index contributed by atoms with van der Waals surface area (Å²) in [6.45, 7) is 3.34. The molecule has 4 heterocycles. The van der Waals surface area contributed by atoms with Crippen LogP contribution in [0.3, 0.4) is 0 Å². The normalized spacial score (nSPS) is 18.2. The summed E-state index contributed by atoms with van der Waals surface area (Å²) in [7, 11) is 0. The summed E-state index contributed by atoms with van der Waals surface area (Å²) in [4.78, 5) is 19.2. The van der Waals surface area contributed by atoms with Gasteiger partial charge in [0.1, 0.15) is 0 Å². The summed E-state index contributed by atoms with van der Waals surface area (Å²) >= 11 is 0. The Labute approximate surface area is 139 Å². The van der Waals surface area contributed by atoms with Crippen LogP contribution >= 0.6 is 0 Å². The third kappa shape index (κ3) is 2.66. The second kappa shape index (κ2) is 6.07. The van der Waals surface area contributed by atoms with E-state index in [4.69, 9.17) is 4.52 Å². The topological polar surface area (TPSA) is 77.0 Å². The lowest BCUT2D eigenvalue weighted by Gasteiger charge is -2.35. The lowest BCUT2D eigenvalue weighted by atomic mass is 10.0. The minimum atomic E-state index is 0.0156. The van der Waals surface area contributed by atoms with Crippen LogP contribution in [-0.2, 0) is 6.54 Å². The second-order valence-corrected chi connectivity index (χ2v) is 6.22. The first-order chi connectivity index (χ1) is 11.7. The van der Waals surface area contributed by atoms with E-state index in [1.165, 1.54) is 0 Å². The Bertz CT molecular complexity index is 855. The van der Waals surface area contributed by atoms with Crippen molar-refractivity contribution >= 4 is 17.0 Å². The van der Waals surface area contributed by atoms with E-state index in [1.807, 2.05) is 34.8 Å². The number of fused-ring (bicyclic) bond motifs is 1. The fourth-order valence-electron chi connectivity index (χ4n) is 3.31. The summed E-state index contributed by atoms with van der Waals surface area (Å²) in [6.07, 6.45) is 8.44. The van der Waals surface area contributed by atoms with Crippen LogP contribution in [0.4, 0.5) is 0 Å². The Hall–Kier alpha value is -2.70. The van der Waals surface area contributed by atoms with Gasteiger partial charge in [-0.05, 0) is 38.3 Å². The van der Waals surface area contributed by atoms with Gasteiger partial charge in [0.25, 0.3) is 11.6 Å². The quantitative estimate of drug-likeness (QED) is 0.739. The van der Waals surface area contributed by atoms with Gasteiger partial charge in [-0.15, -0.1) is 0 Å². The molecule has 1 fully saturated rings. The zero-order valence-electron chi connectivity index (χ0n) is 13.6. The smallest absolute Gasteiger partial charge is 0.257 e. The molecule has 4 rings (SSSR count). The summed E-state index contributed by atoms with van der Waals surface area (Å²) in [5.41, 5.74) is 1.80. The monoisotopic (exact) mass is 325 g/mol. The van der Waals surface area contributed by atoms with Crippen molar-refractivity contribution in [2.24, 2.45) is 0 Å². The molecule has 0 saturated carbocycles. The zero-order valence-corrected chi connectivity index (χ0v) is 13.6. The molecule has 0 radical (unpaired) electrons. The minimum Gasteiger partial charge on any atom is -0.336 e. The summed E-state index contributed by atoms with van der Waals surface area (Å²) in [6, 6.07) is 3.89. The molecule has 1 amide bonds. The van der Waals surface area contributed by atoms with Crippen LogP contribution in [0.2, 0.25) is 0 Å². The molecule has 0 spiro atoms. The highest BCUT2D eigenvalue weighted by Crippen LogP contribution is 2.23. The van der Waals surface area contributed by atoms with Crippen LogP contribution in [0, 0.1) is 6.92 Å². The van der Waals surface area contributed by atoms with Gasteiger partial charge in [0.2, 0.25) is 0 Å². The molecule has 1 aliphatic rings. The number of carbonyl (C=O) groups is 1. The number of hydrogen-bond donors (Lipinski definition) is 0. The highest BCUT2D eigenvalue weighted by Gasteiger charge is 2.28. The lowest BCUT2D eigenvalue weighted by molar-refractivity contribution is 0.0583. The first-order valence-electron chi connectivity index (χ1n) is 8.23. The number of hydrogen-bond acceptors (Lipinski definition) is 5. The standard InChI is InChI=1S/C17H19N5O2/c1-12-15-9-13(10-18-16(15)24-20-12)17(23)22-8-3-2-5-14(22)11-21-7-4-6-19-21/h4,6-7,9-10,14H,2-3,5,8,11H2,1H3. The van der Waals surface area contributed by atoms with Crippen LogP contribution in [0.1, 0.15) is 35.3 Å². The molecule has 1 aliphatic heterocycles. The molecular weight excluding hydrogens is 306 g/mol. The fourth-order valence-corrected chi connectivity index (χ4v) is 3.31. The Morgan fingerprint density at radius 3 is 3.17 bits per heavy atom. The maximum atomic E-state index is 13.0. The Morgan fingerprint density at radius 1 is 1.42 bits per heavy atom. The highest BCUT2D eigenvalue weighted by atomic mass is 16.5. The fraction of sp³-hybridized carbons (Fsp3) is 0.412. The van der Waals surface area contributed by atoms with Crippen molar-refractivity contribution in [1.82, 2.24) is 24.8 Å². The van der Waals surface area contributed by atoms with Crippen molar-refractivity contribution in [2.75, 3.05) is 6.54 Å². The van der Waals surface area contributed by atoms with Crippen molar-refractivity contribution < 1.29 is 9.32 Å². The number of aryl methyl sites for hydroxylation is 1. The maximum absolute atomic E-state index is 13.0. The van der Waals surface area contributed by atoms with Crippen molar-refractivity contribution in [3.8, 4) is 0 Å². The Balaban J connectivity index is 1.61. The molecule has 0 N–H and O–H groups in total. The van der Waals surface area contributed by atoms with Gasteiger partial charge in [-0.2, -0.15) is 5.10 Å². The van der Waals surface area contributed by atoms with Crippen LogP contribution in [0.15, 0.2) is 35.2 Å². The first kappa shape index (κ1) is 14.9. The molecule has 124 valence electrons. The van der Waals surface area contributed by atoms with Crippen molar-refractivity contribution in [1.29, 1.82) is 0 Å². The van der Waals surface area contributed by atoms with Crippen molar-refractivity contribution in [3.05, 3.63) is 42.0 Å². The third-order valence-corrected chi connectivity index (χ3v) is 4.60. The van der Waals surface area contributed by atoms with Crippen LogP contribution in [-0.4, -0.2) is 43.3 Å². The van der Waals surface area contributed by atoms with Gasteiger partial charge >= 0.3 is 0 Å². The maximum Gasteiger partial charge on any atom is 0.257 e. The van der Waals surface area contributed by atoms with E-state index in [-0.39, 0.29) is 11.9 Å². The number of carbonyl (C=O) groups excluding carboxylic acids is 1. The summed E-state index contributed by atoms with van der Waals surface area (Å²) < 4.78 is 7.01. The molecule has 0 aromatic carbocycles. The Morgan fingerprint density at radius 2 is 2.33 bits per heavy atom. The van der Waals surface area contributed by atoms with Gasteiger partial charge < -0.3 is 9.42 Å². The SMILES string of the molecule is Cc1noc2ncc(C(=O)N3CCCCC3Cn3cccn3)cc12. The van der Waals surface area contributed by atoms with Gasteiger partial charge in [-0.1, -0.05) is 5.16 Å². The average Bonchev–Trinajstić information content (AvgIpc) is 3.25. The predicted molar refractivity (Wildman–Crippen MR) is 87.4 cm³/mol. The van der Waals surface area contributed by atoms with E-state index in [0.29, 0.717) is 11.3 Å². The zero-order chi connectivity index (χ0) is 16.5. The van der Waals surface area contributed by atoms with E-state index >= 15 is 0 Å². The van der Waals surface area contributed by atoms with Crippen molar-refractivity contribution in [2.45, 2.75) is 38.8 Å². The molecule has 0 bridgehead atoms. The van der Waals surface area contributed by atoms with Crippen LogP contribution in [0.25, 0.3) is 11.1 Å². The van der Waals surface area contributed by atoms with Crippen LogP contribution < -0.4 is 0 Å². The Kier molecular flexibility index (Phi) is 3.76. The molecule has 7 nitrogen and oxygen atoms in total. The minimum absolute atomic E-state index is 0.0156. The highest BCUT2D eigenvalue weighted by molar-refractivity contribution is 5.97. The molecule has 7 heteroatoms. The summed E-state index contributed by atoms with van der Waals surface area (Å²) in [5.74, 6) is 0.0156. The molecule has 1 saturated heterocycles. The number of aromatic nitrogens is 4. The third-order valence-electron chi connectivity index (χ3n) is 4.60. The average molecular weight is 325 g/mol. The van der Waals surface area contributed by atoms with E-state index in [9.17, 15) is 4.79 Å². The second-order valence-electron chi connectivity index (χ2n) is 6.22. The first-order valence-corrected chi connectivity index (χ1v) is 8.23. The molecule has 3 aromatic heterocycles. The molecule has 1 atom stereocenters. The van der Waals surface area contributed by atoms with E-state index < -0.39 is 0 Å². The van der Waals surface area contributed by atoms with E-state index in [2.05, 4.69) is 15.2 Å². The van der Waals surface area contributed by atoms with E-state index in [1.54, 1.807) is 12.4 Å². The number of likely N-dealkylation sites (tertiary alicyclic amines) is 1. The van der Waals surface area contributed by atoms with Gasteiger partial charge in [0, 0.05) is 25.1 Å². The number of nitrogens with zero attached hydrogens (tertiary/aromatic N) is 5. The van der Waals surface area contributed by atoms with Crippen molar-refractivity contribution in [3.63, 3.8) is 0 Å².